The SMILES string of the molecule is COc1ccc(S(=O)(=O)N(CC(=O)NCCSCc2c(F)cccc2Cl)c2ccc(F)cc2)cc1. The molecule has 11 heteroatoms. The lowest BCUT2D eigenvalue weighted by Gasteiger charge is -2.24. The number of thioether (sulfide) groups is 1. The number of anilines is 1. The number of nitrogens with one attached hydrogen (secondary N) is 1. The first-order chi connectivity index (χ1) is 16.7. The molecule has 0 atom stereocenters. The Balaban J connectivity index is 1.66. The van der Waals surface area contributed by atoms with E-state index < -0.39 is 34.1 Å². The van der Waals surface area contributed by atoms with Crippen molar-refractivity contribution in [2.75, 3.05) is 30.3 Å². The second-order valence-corrected chi connectivity index (χ2v) is 10.6. The van der Waals surface area contributed by atoms with Crippen LogP contribution in [0.25, 0.3) is 0 Å². The second kappa shape index (κ2) is 12.2. The van der Waals surface area contributed by atoms with Crippen LogP contribution in [0.3, 0.4) is 0 Å². The van der Waals surface area contributed by atoms with E-state index in [2.05, 4.69) is 5.32 Å². The zero-order chi connectivity index (χ0) is 25.4. The number of sulfonamides is 1. The van der Waals surface area contributed by atoms with Crippen molar-refractivity contribution >= 4 is 45.0 Å². The molecule has 1 amide bonds. The lowest BCUT2D eigenvalue weighted by molar-refractivity contribution is -0.119. The van der Waals surface area contributed by atoms with Gasteiger partial charge in [0.2, 0.25) is 5.91 Å². The predicted octanol–water partition coefficient (Wildman–Crippen LogP) is 4.87. The maximum atomic E-state index is 13.9. The van der Waals surface area contributed by atoms with Gasteiger partial charge in [0.1, 0.15) is 23.9 Å². The number of methoxy groups -OCH3 is 1. The number of halogens is 3. The Hall–Kier alpha value is -2.82. The largest absolute Gasteiger partial charge is 0.497 e. The molecule has 0 heterocycles. The van der Waals surface area contributed by atoms with Gasteiger partial charge in [0.05, 0.1) is 17.7 Å². The number of amides is 1. The lowest BCUT2D eigenvalue weighted by atomic mass is 10.2. The van der Waals surface area contributed by atoms with Gasteiger partial charge in [-0.15, -0.1) is 0 Å². The van der Waals surface area contributed by atoms with Gasteiger partial charge in [0.25, 0.3) is 10.0 Å². The summed E-state index contributed by atoms with van der Waals surface area (Å²) in [6.07, 6.45) is 0. The van der Waals surface area contributed by atoms with Crippen LogP contribution in [-0.2, 0) is 20.6 Å². The number of benzene rings is 3. The highest BCUT2D eigenvalue weighted by molar-refractivity contribution is 7.98. The van der Waals surface area contributed by atoms with Crippen LogP contribution >= 0.6 is 23.4 Å². The number of hydrogen-bond donors (Lipinski definition) is 1. The fourth-order valence-electron chi connectivity index (χ4n) is 3.09. The highest BCUT2D eigenvalue weighted by Gasteiger charge is 2.27. The minimum absolute atomic E-state index is 0.0484. The van der Waals surface area contributed by atoms with E-state index in [1.54, 1.807) is 6.07 Å². The van der Waals surface area contributed by atoms with Gasteiger partial charge in [-0.2, -0.15) is 11.8 Å². The van der Waals surface area contributed by atoms with Crippen LogP contribution < -0.4 is 14.4 Å². The second-order valence-electron chi connectivity index (χ2n) is 7.27. The van der Waals surface area contributed by atoms with Gasteiger partial charge < -0.3 is 10.1 Å². The van der Waals surface area contributed by atoms with Crippen LogP contribution in [0.1, 0.15) is 5.56 Å². The van der Waals surface area contributed by atoms with Gasteiger partial charge in [0.15, 0.2) is 0 Å². The van der Waals surface area contributed by atoms with Crippen LogP contribution in [0.2, 0.25) is 5.02 Å². The molecule has 0 aliphatic heterocycles. The number of hydrogen-bond acceptors (Lipinski definition) is 5. The summed E-state index contributed by atoms with van der Waals surface area (Å²) in [5.41, 5.74) is 0.527. The van der Waals surface area contributed by atoms with Crippen LogP contribution in [0.5, 0.6) is 5.75 Å². The Morgan fingerprint density at radius 1 is 1.06 bits per heavy atom. The van der Waals surface area contributed by atoms with E-state index >= 15 is 0 Å². The molecular formula is C24H23ClF2N2O4S2. The van der Waals surface area contributed by atoms with E-state index in [-0.39, 0.29) is 17.1 Å². The minimum atomic E-state index is -4.13. The summed E-state index contributed by atoms with van der Waals surface area (Å²) in [6, 6.07) is 15.0. The van der Waals surface area contributed by atoms with E-state index in [1.807, 2.05) is 0 Å². The molecule has 0 aliphatic rings. The molecule has 0 radical (unpaired) electrons. The van der Waals surface area contributed by atoms with Gasteiger partial charge >= 0.3 is 0 Å². The van der Waals surface area contributed by atoms with Gasteiger partial charge in [-0.3, -0.25) is 9.10 Å². The molecule has 0 fully saturated rings. The molecule has 0 spiro atoms. The molecule has 35 heavy (non-hydrogen) atoms. The molecular weight excluding hydrogens is 518 g/mol. The van der Waals surface area contributed by atoms with Crippen molar-refractivity contribution in [3.8, 4) is 5.75 Å². The van der Waals surface area contributed by atoms with Crippen molar-refractivity contribution < 1.29 is 26.7 Å². The van der Waals surface area contributed by atoms with Crippen molar-refractivity contribution in [2.24, 2.45) is 0 Å². The summed E-state index contributed by atoms with van der Waals surface area (Å²) in [5, 5.41) is 3.00. The predicted molar refractivity (Wildman–Crippen MR) is 135 cm³/mol. The highest BCUT2D eigenvalue weighted by atomic mass is 35.5. The van der Waals surface area contributed by atoms with E-state index in [0.29, 0.717) is 27.8 Å². The number of carbonyl (C=O) groups is 1. The van der Waals surface area contributed by atoms with Crippen LogP contribution in [0.15, 0.2) is 71.6 Å². The Morgan fingerprint density at radius 2 is 1.74 bits per heavy atom. The van der Waals surface area contributed by atoms with Gasteiger partial charge in [-0.05, 0) is 60.7 Å². The molecule has 3 rings (SSSR count). The van der Waals surface area contributed by atoms with Crippen molar-refractivity contribution in [1.82, 2.24) is 5.32 Å². The van der Waals surface area contributed by atoms with Crippen molar-refractivity contribution in [2.45, 2.75) is 10.6 Å². The smallest absolute Gasteiger partial charge is 0.264 e. The van der Waals surface area contributed by atoms with E-state index in [1.165, 1.54) is 67.4 Å². The molecule has 3 aromatic rings. The highest BCUT2D eigenvalue weighted by Crippen LogP contribution is 2.26. The monoisotopic (exact) mass is 540 g/mol. The zero-order valence-electron chi connectivity index (χ0n) is 18.7. The van der Waals surface area contributed by atoms with Crippen molar-refractivity contribution in [3.05, 3.63) is 89.0 Å². The summed E-state index contributed by atoms with van der Waals surface area (Å²) in [5.74, 6) is -0.215. The van der Waals surface area contributed by atoms with Gasteiger partial charge in [-0.25, -0.2) is 17.2 Å². The van der Waals surface area contributed by atoms with E-state index in [0.717, 1.165) is 16.4 Å². The van der Waals surface area contributed by atoms with Crippen molar-refractivity contribution in [3.63, 3.8) is 0 Å². The van der Waals surface area contributed by atoms with Gasteiger partial charge in [-0.1, -0.05) is 17.7 Å². The Morgan fingerprint density at radius 3 is 2.37 bits per heavy atom. The molecule has 186 valence electrons. The Kier molecular flexibility index (Phi) is 9.36. The third kappa shape index (κ3) is 7.09. The summed E-state index contributed by atoms with van der Waals surface area (Å²) in [6.45, 7) is -0.279. The number of carbonyl (C=O) groups excluding carboxylic acids is 1. The zero-order valence-corrected chi connectivity index (χ0v) is 21.1. The maximum Gasteiger partial charge on any atom is 0.264 e. The topological polar surface area (TPSA) is 75.7 Å². The Labute approximate surface area is 212 Å². The molecule has 0 aromatic heterocycles. The van der Waals surface area contributed by atoms with Crippen molar-refractivity contribution in [1.29, 1.82) is 0 Å². The molecule has 0 aliphatic carbocycles. The van der Waals surface area contributed by atoms with E-state index in [9.17, 15) is 22.0 Å². The average molecular weight is 541 g/mol. The van der Waals surface area contributed by atoms with E-state index in [4.69, 9.17) is 16.3 Å². The van der Waals surface area contributed by atoms with Crippen LogP contribution in [0.4, 0.5) is 14.5 Å². The fourth-order valence-corrected chi connectivity index (χ4v) is 5.71. The number of ether oxygens (including phenoxy) is 1. The fraction of sp³-hybridized carbons (Fsp3) is 0.208. The molecule has 3 aromatic carbocycles. The molecule has 6 nitrogen and oxygen atoms in total. The summed E-state index contributed by atoms with van der Waals surface area (Å²) >= 11 is 7.39. The third-order valence-electron chi connectivity index (χ3n) is 4.93. The first kappa shape index (κ1) is 26.8. The summed E-state index contributed by atoms with van der Waals surface area (Å²) in [7, 11) is -2.67. The summed E-state index contributed by atoms with van der Waals surface area (Å²) in [4.78, 5) is 12.6. The molecule has 0 bridgehead atoms. The van der Waals surface area contributed by atoms with Crippen LogP contribution in [-0.4, -0.2) is 40.3 Å². The number of nitrogens with zero attached hydrogens (tertiary/aromatic N) is 1. The number of rotatable bonds is 11. The summed E-state index contributed by atoms with van der Waals surface area (Å²) < 4.78 is 59.9. The standard InChI is InChI=1S/C24H23ClF2N2O4S2/c1-33-19-9-11-20(12-10-19)35(31,32)29(18-7-5-17(26)6-8-18)15-24(30)28-13-14-34-16-21-22(25)3-2-4-23(21)27/h2-12H,13-16H2,1H3,(H,28,30). The minimum Gasteiger partial charge on any atom is -0.497 e. The molecule has 0 unspecified atom stereocenters. The average Bonchev–Trinajstić information content (AvgIpc) is 2.84. The van der Waals surface area contributed by atoms with Crippen LogP contribution in [0, 0.1) is 11.6 Å². The quantitative estimate of drug-likeness (QED) is 0.351. The third-order valence-corrected chi connectivity index (χ3v) is 8.05. The molecule has 0 saturated carbocycles. The lowest BCUT2D eigenvalue weighted by Crippen LogP contribution is -2.41. The Bertz CT molecular complexity index is 1240. The molecule has 0 saturated heterocycles. The first-order valence-electron chi connectivity index (χ1n) is 10.4. The normalized spacial score (nSPS) is 11.2. The maximum absolute atomic E-state index is 13.9. The van der Waals surface area contributed by atoms with Gasteiger partial charge in [0, 0.05) is 28.6 Å². The molecule has 1 N–H and O–H groups in total. The first-order valence-corrected chi connectivity index (χ1v) is 13.4.